The van der Waals surface area contributed by atoms with Crippen molar-refractivity contribution in [2.75, 3.05) is 19.6 Å². The highest BCUT2D eigenvalue weighted by atomic mass is 79.9. The molecule has 3 rings (SSSR count). The number of nitro groups is 1. The van der Waals surface area contributed by atoms with E-state index in [0.717, 1.165) is 37.5 Å². The molecule has 23 heavy (non-hydrogen) atoms. The first kappa shape index (κ1) is 16.2. The topological polar surface area (TPSA) is 71.5 Å². The summed E-state index contributed by atoms with van der Waals surface area (Å²) in [6.45, 7) is 5.94. The van der Waals surface area contributed by atoms with Crippen molar-refractivity contribution in [3.8, 4) is 11.3 Å². The Bertz CT molecular complexity index is 716. The Morgan fingerprint density at radius 3 is 2.96 bits per heavy atom. The van der Waals surface area contributed by atoms with Crippen LogP contribution in [0.3, 0.4) is 0 Å². The van der Waals surface area contributed by atoms with Crippen molar-refractivity contribution in [1.82, 2.24) is 10.2 Å². The number of nitro benzene ring substituents is 1. The molecule has 7 heteroatoms. The van der Waals surface area contributed by atoms with Crippen molar-refractivity contribution in [2.24, 2.45) is 0 Å². The summed E-state index contributed by atoms with van der Waals surface area (Å²) in [5.41, 5.74) is 0.873. The zero-order valence-electron chi connectivity index (χ0n) is 12.8. The molecule has 0 aliphatic carbocycles. The Balaban J connectivity index is 1.75. The van der Waals surface area contributed by atoms with Gasteiger partial charge in [-0.2, -0.15) is 0 Å². The summed E-state index contributed by atoms with van der Waals surface area (Å²) in [5, 5.41) is 14.2. The molecule has 1 aliphatic rings. The van der Waals surface area contributed by atoms with Gasteiger partial charge in [0.25, 0.3) is 5.69 Å². The zero-order chi connectivity index (χ0) is 16.4. The van der Waals surface area contributed by atoms with Gasteiger partial charge in [0.1, 0.15) is 11.5 Å². The maximum atomic E-state index is 10.8. The Hall–Kier alpha value is -1.70. The first-order valence-corrected chi connectivity index (χ1v) is 8.31. The Kier molecular flexibility index (Phi) is 4.79. The van der Waals surface area contributed by atoms with Crippen LogP contribution < -0.4 is 5.32 Å². The smallest absolute Gasteiger partial charge is 0.270 e. The summed E-state index contributed by atoms with van der Waals surface area (Å²) >= 11 is 3.38. The summed E-state index contributed by atoms with van der Waals surface area (Å²) in [6, 6.07) is 9.05. The molecule has 1 unspecified atom stereocenters. The van der Waals surface area contributed by atoms with Crippen LogP contribution in [0, 0.1) is 10.1 Å². The molecule has 0 spiro atoms. The number of piperazine rings is 1. The summed E-state index contributed by atoms with van der Waals surface area (Å²) in [6.07, 6.45) is 0. The lowest BCUT2D eigenvalue weighted by Crippen LogP contribution is -2.48. The molecule has 6 nitrogen and oxygen atoms in total. The van der Waals surface area contributed by atoms with E-state index in [0.29, 0.717) is 16.3 Å². The molecule has 1 aromatic heterocycles. The standard InChI is InChI=1S/C16H18BrN3O3/c1-11-9-19(7-6-18-11)10-13-3-5-16(23-13)14-4-2-12(20(21)22)8-15(14)17/h2-5,8,11,18H,6-7,9-10H2,1H3. The van der Waals surface area contributed by atoms with Gasteiger partial charge in [0.15, 0.2) is 0 Å². The molecule has 0 bridgehead atoms. The van der Waals surface area contributed by atoms with Gasteiger partial charge in [-0.15, -0.1) is 0 Å². The van der Waals surface area contributed by atoms with Crippen molar-refractivity contribution in [1.29, 1.82) is 0 Å². The highest BCUT2D eigenvalue weighted by molar-refractivity contribution is 9.10. The highest BCUT2D eigenvalue weighted by Gasteiger charge is 2.18. The van der Waals surface area contributed by atoms with Crippen LogP contribution in [0.5, 0.6) is 0 Å². The van der Waals surface area contributed by atoms with Gasteiger partial charge < -0.3 is 9.73 Å². The first-order chi connectivity index (χ1) is 11.0. The molecule has 1 aliphatic heterocycles. The summed E-state index contributed by atoms with van der Waals surface area (Å²) in [4.78, 5) is 12.8. The van der Waals surface area contributed by atoms with Crippen LogP contribution in [0.25, 0.3) is 11.3 Å². The van der Waals surface area contributed by atoms with Gasteiger partial charge in [-0.1, -0.05) is 0 Å². The number of non-ortho nitro benzene ring substituents is 1. The molecule has 1 saturated heterocycles. The minimum absolute atomic E-state index is 0.0576. The minimum Gasteiger partial charge on any atom is -0.460 e. The molecule has 2 heterocycles. The van der Waals surface area contributed by atoms with Gasteiger partial charge >= 0.3 is 0 Å². The third-order valence-electron chi connectivity index (χ3n) is 3.92. The quantitative estimate of drug-likeness (QED) is 0.650. The van der Waals surface area contributed by atoms with Gasteiger partial charge in [-0.3, -0.25) is 15.0 Å². The largest absolute Gasteiger partial charge is 0.460 e. The average molecular weight is 380 g/mol. The van der Waals surface area contributed by atoms with Crippen LogP contribution in [0.2, 0.25) is 0 Å². The molecule has 0 saturated carbocycles. The lowest BCUT2D eigenvalue weighted by atomic mass is 10.1. The van der Waals surface area contributed by atoms with E-state index in [-0.39, 0.29) is 5.69 Å². The monoisotopic (exact) mass is 379 g/mol. The minimum atomic E-state index is -0.409. The number of benzene rings is 1. The summed E-state index contributed by atoms with van der Waals surface area (Å²) < 4.78 is 6.58. The third-order valence-corrected chi connectivity index (χ3v) is 4.58. The van der Waals surface area contributed by atoms with Crippen LogP contribution in [0.1, 0.15) is 12.7 Å². The van der Waals surface area contributed by atoms with E-state index < -0.39 is 4.92 Å². The second-order valence-corrected chi connectivity index (χ2v) is 6.63. The molecule has 122 valence electrons. The molecular weight excluding hydrogens is 362 g/mol. The SMILES string of the molecule is CC1CN(Cc2ccc(-c3ccc([N+](=O)[O-])cc3Br)o2)CCN1. The fourth-order valence-electron chi connectivity index (χ4n) is 2.80. The van der Waals surface area contributed by atoms with E-state index in [9.17, 15) is 10.1 Å². The molecule has 0 amide bonds. The number of hydrogen-bond acceptors (Lipinski definition) is 5. The molecule has 1 N–H and O–H groups in total. The van der Waals surface area contributed by atoms with Crippen LogP contribution in [-0.2, 0) is 6.54 Å². The van der Waals surface area contributed by atoms with E-state index in [4.69, 9.17) is 4.42 Å². The predicted octanol–water partition coefficient (Wildman–Crippen LogP) is 3.41. The highest BCUT2D eigenvalue weighted by Crippen LogP contribution is 2.32. The second-order valence-electron chi connectivity index (χ2n) is 5.78. The fourth-order valence-corrected chi connectivity index (χ4v) is 3.36. The van der Waals surface area contributed by atoms with E-state index in [1.165, 1.54) is 12.1 Å². The number of nitrogens with zero attached hydrogens (tertiary/aromatic N) is 2. The Morgan fingerprint density at radius 2 is 2.26 bits per heavy atom. The molecule has 0 radical (unpaired) electrons. The Labute approximate surface area is 142 Å². The maximum absolute atomic E-state index is 10.8. The Morgan fingerprint density at radius 1 is 1.43 bits per heavy atom. The molecular formula is C16H18BrN3O3. The van der Waals surface area contributed by atoms with Crippen molar-refractivity contribution in [3.05, 3.63) is 50.7 Å². The fraction of sp³-hybridized carbons (Fsp3) is 0.375. The van der Waals surface area contributed by atoms with Crippen molar-refractivity contribution in [2.45, 2.75) is 19.5 Å². The average Bonchev–Trinajstić information content (AvgIpc) is 2.95. The lowest BCUT2D eigenvalue weighted by Gasteiger charge is -2.31. The maximum Gasteiger partial charge on any atom is 0.270 e. The number of furan rings is 1. The summed E-state index contributed by atoms with van der Waals surface area (Å²) in [7, 11) is 0. The number of halogens is 1. The predicted molar refractivity (Wildman–Crippen MR) is 91.2 cm³/mol. The van der Waals surface area contributed by atoms with Crippen LogP contribution >= 0.6 is 15.9 Å². The van der Waals surface area contributed by atoms with Gasteiger partial charge in [0, 0.05) is 47.8 Å². The van der Waals surface area contributed by atoms with Crippen molar-refractivity contribution >= 4 is 21.6 Å². The normalized spacial score (nSPS) is 19.0. The van der Waals surface area contributed by atoms with E-state index in [1.54, 1.807) is 6.07 Å². The molecule has 1 fully saturated rings. The number of hydrogen-bond donors (Lipinski definition) is 1. The van der Waals surface area contributed by atoms with E-state index >= 15 is 0 Å². The van der Waals surface area contributed by atoms with E-state index in [2.05, 4.69) is 33.1 Å². The van der Waals surface area contributed by atoms with E-state index in [1.807, 2.05) is 12.1 Å². The van der Waals surface area contributed by atoms with Crippen LogP contribution in [0.15, 0.2) is 39.2 Å². The molecule has 1 atom stereocenters. The lowest BCUT2D eigenvalue weighted by molar-refractivity contribution is -0.384. The number of nitrogens with one attached hydrogen (secondary N) is 1. The van der Waals surface area contributed by atoms with Gasteiger partial charge in [0.05, 0.1) is 11.5 Å². The van der Waals surface area contributed by atoms with Crippen molar-refractivity contribution in [3.63, 3.8) is 0 Å². The third kappa shape index (κ3) is 3.80. The molecule has 2 aromatic rings. The van der Waals surface area contributed by atoms with Crippen LogP contribution in [-0.4, -0.2) is 35.5 Å². The van der Waals surface area contributed by atoms with Crippen molar-refractivity contribution < 1.29 is 9.34 Å². The first-order valence-electron chi connectivity index (χ1n) is 7.51. The number of rotatable bonds is 4. The second kappa shape index (κ2) is 6.82. The zero-order valence-corrected chi connectivity index (χ0v) is 14.4. The van der Waals surface area contributed by atoms with Gasteiger partial charge in [-0.05, 0) is 41.1 Å². The van der Waals surface area contributed by atoms with Gasteiger partial charge in [0.2, 0.25) is 0 Å². The molecule has 1 aromatic carbocycles. The van der Waals surface area contributed by atoms with Gasteiger partial charge in [-0.25, -0.2) is 0 Å². The summed E-state index contributed by atoms with van der Waals surface area (Å²) in [5.74, 6) is 1.62. The van der Waals surface area contributed by atoms with Crippen LogP contribution in [0.4, 0.5) is 5.69 Å².